The number of nitrogens with one attached hydrogen (secondary N) is 2. The Morgan fingerprint density at radius 2 is 1.85 bits per heavy atom. The van der Waals surface area contributed by atoms with Gasteiger partial charge in [-0.1, -0.05) is 18.2 Å². The third-order valence-electron chi connectivity index (χ3n) is 7.69. The zero-order valence-corrected chi connectivity index (χ0v) is 22.6. The zero-order chi connectivity index (χ0) is 29.2. The van der Waals surface area contributed by atoms with Crippen LogP contribution in [-0.2, 0) is 6.54 Å². The van der Waals surface area contributed by atoms with Crippen molar-refractivity contribution in [2.75, 3.05) is 19.6 Å². The van der Waals surface area contributed by atoms with Gasteiger partial charge in [0.15, 0.2) is 0 Å². The maximum Gasteiger partial charge on any atom is 0.390 e. The Hall–Kier alpha value is -3.41. The Bertz CT molecular complexity index is 1410. The van der Waals surface area contributed by atoms with Crippen LogP contribution in [0.15, 0.2) is 35.1 Å². The third kappa shape index (κ3) is 6.65. The number of aromatic nitrogens is 2. The van der Waals surface area contributed by atoms with Crippen LogP contribution in [0.2, 0.25) is 0 Å². The van der Waals surface area contributed by atoms with E-state index >= 15 is 0 Å². The van der Waals surface area contributed by atoms with Gasteiger partial charge in [-0.05, 0) is 58.7 Å². The fraction of sp³-hybridized carbons (Fsp3) is 0.500. The van der Waals surface area contributed by atoms with Crippen LogP contribution in [0.1, 0.15) is 59.5 Å². The van der Waals surface area contributed by atoms with Crippen LogP contribution in [0.4, 0.5) is 22.0 Å². The summed E-state index contributed by atoms with van der Waals surface area (Å²) in [6.45, 7) is 3.11. The van der Waals surface area contributed by atoms with Gasteiger partial charge in [0.05, 0.1) is 24.1 Å². The second-order valence-electron chi connectivity index (χ2n) is 10.3. The van der Waals surface area contributed by atoms with E-state index in [4.69, 9.17) is 0 Å². The summed E-state index contributed by atoms with van der Waals surface area (Å²) >= 11 is 0. The number of carbonyl (C=O) groups excluding carboxylic acids is 1. The molecule has 40 heavy (non-hydrogen) atoms. The van der Waals surface area contributed by atoms with E-state index in [1.165, 1.54) is 13.0 Å². The highest BCUT2D eigenvalue weighted by Gasteiger charge is 2.32. The van der Waals surface area contributed by atoms with Crippen molar-refractivity contribution in [2.45, 2.75) is 65.4 Å². The monoisotopic (exact) mass is 568 g/mol. The molecule has 1 fully saturated rings. The molecular formula is C28H33F5N4O3. The summed E-state index contributed by atoms with van der Waals surface area (Å²) in [4.78, 5) is 30.3. The van der Waals surface area contributed by atoms with Crippen molar-refractivity contribution in [3.05, 3.63) is 63.2 Å². The van der Waals surface area contributed by atoms with Gasteiger partial charge in [0.1, 0.15) is 5.75 Å². The number of nitrogens with zero attached hydrogens (tertiary/aromatic N) is 2. The van der Waals surface area contributed by atoms with E-state index in [9.17, 15) is 31.5 Å². The van der Waals surface area contributed by atoms with Crippen molar-refractivity contribution in [2.24, 2.45) is 5.92 Å². The smallest absolute Gasteiger partial charge is 0.390 e. The number of benzene rings is 1. The first kappa shape index (κ1) is 29.6. The summed E-state index contributed by atoms with van der Waals surface area (Å²) in [7, 11) is 0. The topological polar surface area (TPSA) is 79.4 Å². The van der Waals surface area contributed by atoms with Gasteiger partial charge in [0.2, 0.25) is 0 Å². The molecule has 1 aliphatic rings. The molecule has 1 aliphatic heterocycles. The molecule has 0 saturated carbocycles. The number of rotatable bonds is 9. The molecule has 3 aromatic rings. The van der Waals surface area contributed by atoms with Crippen molar-refractivity contribution < 1.29 is 31.5 Å². The van der Waals surface area contributed by atoms with Crippen LogP contribution in [-0.4, -0.2) is 52.8 Å². The number of para-hydroxylation sites is 1. The van der Waals surface area contributed by atoms with E-state index in [0.29, 0.717) is 35.4 Å². The number of hydrogen-bond acceptors (Lipinski definition) is 4. The average molecular weight is 569 g/mol. The first-order valence-electron chi connectivity index (χ1n) is 13.2. The number of pyridine rings is 1. The van der Waals surface area contributed by atoms with Gasteiger partial charge < -0.3 is 24.5 Å². The minimum absolute atomic E-state index is 0.00567. The van der Waals surface area contributed by atoms with Gasteiger partial charge in [0.25, 0.3) is 11.5 Å². The highest BCUT2D eigenvalue weighted by atomic mass is 19.4. The molecule has 1 aromatic carbocycles. The quantitative estimate of drug-likeness (QED) is 0.325. The van der Waals surface area contributed by atoms with Gasteiger partial charge in [-0.15, -0.1) is 0 Å². The third-order valence-corrected chi connectivity index (χ3v) is 7.69. The Labute approximate surface area is 228 Å². The standard InChI is InChI=1S/C28H33F5N4O3/c1-16-14-23(40-27(29)30)21(25(38)35-16)15-34-26(39)24-18(3)37(22-7-5-4-6-20(22)24)17(2)19-8-11-36(12-9-19)13-10-28(31,32)33/h4-7,14,17,19,27H,8-13,15H2,1-3H3,(H,34,39)(H,35,38). The van der Waals surface area contributed by atoms with Crippen LogP contribution >= 0.6 is 0 Å². The van der Waals surface area contributed by atoms with E-state index in [1.807, 2.05) is 36.1 Å². The predicted octanol–water partition coefficient (Wildman–Crippen LogP) is 5.70. The predicted molar refractivity (Wildman–Crippen MR) is 141 cm³/mol. The molecular weight excluding hydrogens is 535 g/mol. The summed E-state index contributed by atoms with van der Waals surface area (Å²) in [6, 6.07) is 8.67. The number of aryl methyl sites for hydroxylation is 1. The summed E-state index contributed by atoms with van der Waals surface area (Å²) in [5, 5.41) is 3.39. The fourth-order valence-electron chi connectivity index (χ4n) is 5.67. The lowest BCUT2D eigenvalue weighted by atomic mass is 9.90. The number of hydrogen-bond donors (Lipinski definition) is 2. The van der Waals surface area contributed by atoms with Gasteiger partial charge in [-0.3, -0.25) is 9.59 Å². The lowest BCUT2D eigenvalue weighted by Crippen LogP contribution is -2.38. The van der Waals surface area contributed by atoms with Crippen LogP contribution in [0.25, 0.3) is 10.9 Å². The maximum atomic E-state index is 13.4. The van der Waals surface area contributed by atoms with Crippen molar-refractivity contribution in [3.63, 3.8) is 0 Å². The number of alkyl halides is 5. The highest BCUT2D eigenvalue weighted by molar-refractivity contribution is 6.08. The van der Waals surface area contributed by atoms with Crippen LogP contribution < -0.4 is 15.6 Å². The summed E-state index contributed by atoms with van der Waals surface area (Å²) in [5.74, 6) is -0.566. The first-order valence-corrected chi connectivity index (χ1v) is 13.2. The fourth-order valence-corrected chi connectivity index (χ4v) is 5.67. The van der Waals surface area contributed by atoms with Crippen LogP contribution in [0.5, 0.6) is 5.75 Å². The summed E-state index contributed by atoms with van der Waals surface area (Å²) in [6.07, 6.45) is -3.53. The minimum Gasteiger partial charge on any atom is -0.434 e. The Balaban J connectivity index is 1.54. The number of H-pyrrole nitrogens is 1. The molecule has 3 heterocycles. The highest BCUT2D eigenvalue weighted by Crippen LogP contribution is 2.36. The molecule has 1 saturated heterocycles. The second-order valence-corrected chi connectivity index (χ2v) is 10.3. The molecule has 1 unspecified atom stereocenters. The number of carbonyl (C=O) groups is 1. The summed E-state index contributed by atoms with van der Waals surface area (Å²) < 4.78 is 70.4. The average Bonchev–Trinajstić information content (AvgIpc) is 3.17. The number of likely N-dealkylation sites (tertiary alicyclic amines) is 1. The van der Waals surface area contributed by atoms with Crippen LogP contribution in [0.3, 0.4) is 0 Å². The molecule has 7 nitrogen and oxygen atoms in total. The molecule has 1 atom stereocenters. The Morgan fingerprint density at radius 3 is 2.50 bits per heavy atom. The molecule has 0 aliphatic carbocycles. The Kier molecular flexibility index (Phi) is 8.86. The van der Waals surface area contributed by atoms with E-state index < -0.39 is 30.7 Å². The van der Waals surface area contributed by atoms with Gasteiger partial charge in [0, 0.05) is 40.9 Å². The molecule has 2 aromatic heterocycles. The number of halogens is 5. The number of piperidine rings is 1. The Morgan fingerprint density at radius 1 is 1.18 bits per heavy atom. The lowest BCUT2D eigenvalue weighted by molar-refractivity contribution is -0.138. The maximum absolute atomic E-state index is 13.4. The zero-order valence-electron chi connectivity index (χ0n) is 22.6. The first-order chi connectivity index (χ1) is 18.9. The molecule has 2 N–H and O–H groups in total. The van der Waals surface area contributed by atoms with Gasteiger partial charge in [-0.2, -0.15) is 22.0 Å². The lowest BCUT2D eigenvalue weighted by Gasteiger charge is -2.36. The van der Waals surface area contributed by atoms with Crippen LogP contribution in [0, 0.1) is 19.8 Å². The number of fused-ring (bicyclic) bond motifs is 1. The second kappa shape index (κ2) is 12.0. The SMILES string of the molecule is Cc1cc(OC(F)F)c(CNC(=O)c2c(C)n(C(C)C3CCN(CCC(F)(F)F)CC3)c3ccccc23)c(=O)[nH]1. The van der Waals surface area contributed by atoms with Crippen molar-refractivity contribution >= 4 is 16.8 Å². The number of aromatic amines is 1. The molecule has 218 valence electrons. The van der Waals surface area contributed by atoms with E-state index in [1.54, 1.807) is 0 Å². The molecule has 0 spiro atoms. The van der Waals surface area contributed by atoms with Crippen molar-refractivity contribution in [3.8, 4) is 5.75 Å². The van der Waals surface area contributed by atoms with E-state index in [2.05, 4.69) is 26.5 Å². The number of ether oxygens (including phenoxy) is 1. The van der Waals surface area contributed by atoms with E-state index in [-0.39, 0.29) is 36.4 Å². The summed E-state index contributed by atoms with van der Waals surface area (Å²) in [5.41, 5.74) is 1.54. The molecule has 1 amide bonds. The molecule has 0 radical (unpaired) electrons. The van der Waals surface area contributed by atoms with Crippen molar-refractivity contribution in [1.82, 2.24) is 19.8 Å². The molecule has 0 bridgehead atoms. The van der Waals surface area contributed by atoms with Crippen molar-refractivity contribution in [1.29, 1.82) is 0 Å². The molecule has 4 rings (SSSR count). The van der Waals surface area contributed by atoms with Gasteiger partial charge in [-0.25, -0.2) is 0 Å². The largest absolute Gasteiger partial charge is 0.434 e. The minimum atomic E-state index is -4.17. The normalized spacial score (nSPS) is 16.0. The van der Waals surface area contributed by atoms with Gasteiger partial charge >= 0.3 is 12.8 Å². The van der Waals surface area contributed by atoms with E-state index in [0.717, 1.165) is 18.4 Å². The number of amides is 1. The molecule has 12 heteroatoms.